The Balaban J connectivity index is 0. The van der Waals surface area contributed by atoms with Gasteiger partial charge in [-0.25, -0.2) is 5.57 Å². The van der Waals surface area contributed by atoms with E-state index in [1.165, 1.54) is 8.78 Å². The molecular weight excluding hydrogens is 414 g/mol. The van der Waals surface area contributed by atoms with E-state index in [0.29, 0.717) is 0 Å². The second-order valence-corrected chi connectivity index (χ2v) is 8.66. The average Bonchev–Trinajstić information content (AvgIpc) is 3.11. The second kappa shape index (κ2) is 12.6. The minimum atomic E-state index is 0. The van der Waals surface area contributed by atoms with E-state index in [4.69, 9.17) is 0 Å². The quantitative estimate of drug-likeness (QED) is 0.534. The molecule has 134 valence electrons. The third kappa shape index (κ3) is 5.93. The molecule has 0 nitrogen and oxygen atoms in total. The third-order valence-electron chi connectivity index (χ3n) is 4.52. The van der Waals surface area contributed by atoms with Gasteiger partial charge in [0, 0.05) is 0 Å². The molecule has 0 N–H and O–H groups in total. The molecule has 0 amide bonds. The fraction of sp³-hybridized carbons (Fsp3) is 0.571. The van der Waals surface area contributed by atoms with E-state index in [2.05, 4.69) is 65.8 Å². The van der Waals surface area contributed by atoms with Gasteiger partial charge in [-0.3, -0.25) is 6.08 Å². The smallest absolute Gasteiger partial charge is 1.00 e. The van der Waals surface area contributed by atoms with Crippen molar-refractivity contribution < 1.29 is 49.0 Å². The summed E-state index contributed by atoms with van der Waals surface area (Å²) in [4.78, 5) is 0. The number of hydrogen-bond acceptors (Lipinski definition) is 0. The first-order chi connectivity index (χ1) is 10.5. The maximum absolute atomic E-state index is 3.88. The normalized spacial score (nSPS) is 21.3. The predicted octanol–water partition coefficient (Wildman–Crippen LogP) is 0.292. The summed E-state index contributed by atoms with van der Waals surface area (Å²) < 4.78 is 1.51. The molecule has 0 saturated carbocycles. The summed E-state index contributed by atoms with van der Waals surface area (Å²) in [5.41, 5.74) is 6.38. The summed E-state index contributed by atoms with van der Waals surface area (Å²) in [5.74, 6) is 0. The van der Waals surface area contributed by atoms with Crippen molar-refractivity contribution in [3.8, 4) is 0 Å². The van der Waals surface area contributed by atoms with Crippen molar-refractivity contribution in [1.29, 1.82) is 0 Å². The average molecular weight is 446 g/mol. The minimum Gasteiger partial charge on any atom is -1.00 e. The van der Waals surface area contributed by atoms with Crippen molar-refractivity contribution >= 4 is 3.21 Å². The van der Waals surface area contributed by atoms with Crippen molar-refractivity contribution in [1.82, 2.24) is 0 Å². The number of rotatable bonds is 5. The van der Waals surface area contributed by atoms with Gasteiger partial charge in [-0.15, -0.1) is 0 Å². The van der Waals surface area contributed by atoms with Gasteiger partial charge >= 0.3 is 41.3 Å². The maximum Gasteiger partial charge on any atom is -1.00 e. The molecule has 2 aliphatic rings. The molecular formula is C21H31Cl2Zr-. The van der Waals surface area contributed by atoms with Gasteiger partial charge in [0.25, 0.3) is 0 Å². The topological polar surface area (TPSA) is 0 Å². The molecule has 0 heterocycles. The van der Waals surface area contributed by atoms with Gasteiger partial charge in [-0.2, -0.15) is 11.1 Å². The van der Waals surface area contributed by atoms with Gasteiger partial charge in [0.2, 0.25) is 0 Å². The first kappa shape index (κ1) is 26.5. The van der Waals surface area contributed by atoms with Gasteiger partial charge in [-0.05, 0) is 6.42 Å². The van der Waals surface area contributed by atoms with Crippen molar-refractivity contribution in [2.24, 2.45) is 5.41 Å². The number of halogens is 2. The third-order valence-corrected chi connectivity index (χ3v) is 4.52. The van der Waals surface area contributed by atoms with Crippen molar-refractivity contribution in [2.75, 3.05) is 0 Å². The summed E-state index contributed by atoms with van der Waals surface area (Å²) in [6, 6.07) is 0. The van der Waals surface area contributed by atoms with Crippen molar-refractivity contribution in [3.63, 3.8) is 0 Å². The van der Waals surface area contributed by atoms with E-state index in [-0.39, 0.29) is 30.2 Å². The zero-order valence-electron chi connectivity index (χ0n) is 16.0. The molecule has 0 fully saturated rings. The summed E-state index contributed by atoms with van der Waals surface area (Å²) >= 11 is 1.55. The van der Waals surface area contributed by atoms with Crippen LogP contribution >= 0.6 is 0 Å². The summed E-state index contributed by atoms with van der Waals surface area (Å²) in [7, 11) is 0. The van der Waals surface area contributed by atoms with Crippen LogP contribution in [-0.4, -0.2) is 3.21 Å². The molecule has 0 bridgehead atoms. The molecule has 0 spiro atoms. The van der Waals surface area contributed by atoms with Gasteiger partial charge in [0.05, 0.1) is 0 Å². The van der Waals surface area contributed by atoms with Gasteiger partial charge < -0.3 is 24.8 Å². The molecule has 0 saturated heterocycles. The first-order valence-electron chi connectivity index (χ1n) is 8.71. The van der Waals surface area contributed by atoms with Crippen LogP contribution < -0.4 is 24.8 Å². The van der Waals surface area contributed by atoms with E-state index < -0.39 is 0 Å². The van der Waals surface area contributed by atoms with Gasteiger partial charge in [0.15, 0.2) is 0 Å². The van der Waals surface area contributed by atoms with E-state index in [1.807, 2.05) is 0 Å². The molecule has 24 heavy (non-hydrogen) atoms. The van der Waals surface area contributed by atoms with Crippen LogP contribution in [0.5, 0.6) is 0 Å². The van der Waals surface area contributed by atoms with E-state index in [9.17, 15) is 0 Å². The Morgan fingerprint density at radius 1 is 1.08 bits per heavy atom. The minimum absolute atomic E-state index is 0. The fourth-order valence-electron chi connectivity index (χ4n) is 3.66. The van der Waals surface area contributed by atoms with E-state index >= 15 is 0 Å². The SMILES string of the molecule is CCC1=[C-]C(CC)(C2=CC=CC2)C(CC)=C1CC.C[C](C)=[Zr+2].[Cl-].[Cl-]. The second-order valence-electron chi connectivity index (χ2n) is 6.20. The van der Waals surface area contributed by atoms with Crippen LogP contribution in [-0.2, 0) is 24.2 Å². The molecule has 2 rings (SSSR count). The molecule has 0 radical (unpaired) electrons. The molecule has 1 unspecified atom stereocenters. The Hall–Kier alpha value is 0.293. The largest absolute Gasteiger partial charge is 1.00 e. The molecule has 2 aliphatic carbocycles. The Morgan fingerprint density at radius 2 is 1.67 bits per heavy atom. The van der Waals surface area contributed by atoms with Gasteiger partial charge in [0.1, 0.15) is 0 Å². The van der Waals surface area contributed by atoms with Crippen LogP contribution in [0, 0.1) is 11.5 Å². The van der Waals surface area contributed by atoms with Crippen LogP contribution in [0.2, 0.25) is 0 Å². The van der Waals surface area contributed by atoms with Crippen LogP contribution in [0.25, 0.3) is 0 Å². The summed E-state index contributed by atoms with van der Waals surface area (Å²) in [6.45, 7) is 13.4. The monoisotopic (exact) mass is 443 g/mol. The standard InChI is InChI=1S/C18H25.C3H6.2ClH.Zr/c1-5-14-13-18(8-4,15-11-9-10-12-15)17(7-3)16(14)6-2;1-3-2;;;/h9-11H,5-8,12H2,1-4H3;1-2H3;2*1H;/q-1;;;;+2/p-2. The maximum atomic E-state index is 3.88. The molecule has 0 aromatic heterocycles. The van der Waals surface area contributed by atoms with Gasteiger partial charge in [-0.1, -0.05) is 82.6 Å². The zero-order valence-corrected chi connectivity index (χ0v) is 20.0. The predicted molar refractivity (Wildman–Crippen MR) is 95.6 cm³/mol. The number of hydrogen-bond donors (Lipinski definition) is 0. The Kier molecular flexibility index (Phi) is 13.9. The summed E-state index contributed by atoms with van der Waals surface area (Å²) in [6.07, 6.45) is 16.4. The molecule has 3 heteroatoms. The molecule has 1 atom stereocenters. The summed E-state index contributed by atoms with van der Waals surface area (Å²) in [5, 5.41) is 0. The Labute approximate surface area is 177 Å². The molecule has 0 aliphatic heterocycles. The van der Waals surface area contributed by atoms with E-state index in [0.717, 1.165) is 32.1 Å². The van der Waals surface area contributed by atoms with Crippen LogP contribution in [0.15, 0.2) is 40.5 Å². The van der Waals surface area contributed by atoms with Crippen LogP contribution in [0.1, 0.15) is 73.6 Å². The van der Waals surface area contributed by atoms with Crippen molar-refractivity contribution in [2.45, 2.75) is 73.6 Å². The van der Waals surface area contributed by atoms with Crippen LogP contribution in [0.4, 0.5) is 0 Å². The fourth-order valence-corrected chi connectivity index (χ4v) is 3.66. The molecule has 0 aromatic carbocycles. The zero-order chi connectivity index (χ0) is 16.8. The Morgan fingerprint density at radius 3 is 2.00 bits per heavy atom. The number of allylic oxidation sites excluding steroid dienone is 8. The first-order valence-corrected chi connectivity index (χ1v) is 9.94. The van der Waals surface area contributed by atoms with E-state index in [1.54, 1.807) is 41.0 Å². The van der Waals surface area contributed by atoms with Crippen LogP contribution in [0.3, 0.4) is 0 Å². The van der Waals surface area contributed by atoms with Crippen molar-refractivity contribution in [3.05, 3.63) is 46.6 Å². The Bertz CT molecular complexity index is 534. The molecule has 0 aromatic rings.